The Morgan fingerprint density at radius 3 is 2.49 bits per heavy atom. The first-order chi connectivity index (χ1) is 23.5. The van der Waals surface area contributed by atoms with Crippen LogP contribution >= 0.6 is 0 Å². The van der Waals surface area contributed by atoms with Crippen LogP contribution in [0.25, 0.3) is 17.2 Å². The molecule has 0 aromatic heterocycles. The van der Waals surface area contributed by atoms with E-state index in [2.05, 4.69) is 10.6 Å². The predicted molar refractivity (Wildman–Crippen MR) is 173 cm³/mol. The van der Waals surface area contributed by atoms with Gasteiger partial charge in [-0.1, -0.05) is 12.1 Å². The Morgan fingerprint density at radius 2 is 1.82 bits per heavy atom. The zero-order valence-electron chi connectivity index (χ0n) is 27.2. The predicted octanol–water partition coefficient (Wildman–Crippen LogP) is 1.66. The summed E-state index contributed by atoms with van der Waals surface area (Å²) in [5, 5.41) is 59.6. The van der Waals surface area contributed by atoms with Crippen molar-refractivity contribution in [3.63, 3.8) is 0 Å². The molecule has 14 heteroatoms. The average molecular weight is 679 g/mol. The number of aliphatic carboxylic acids is 1. The molecule has 0 bridgehead atoms. The monoisotopic (exact) mass is 678 g/mol. The minimum Gasteiger partial charge on any atom is -0.508 e. The lowest BCUT2D eigenvalue weighted by Crippen LogP contribution is -2.75. The van der Waals surface area contributed by atoms with Gasteiger partial charge in [0, 0.05) is 24.2 Å². The third-order valence-corrected chi connectivity index (χ3v) is 9.70. The van der Waals surface area contributed by atoms with E-state index in [1.165, 1.54) is 19.2 Å². The van der Waals surface area contributed by atoms with Gasteiger partial charge in [0.15, 0.2) is 17.6 Å². The Bertz CT molecular complexity index is 1850. The summed E-state index contributed by atoms with van der Waals surface area (Å²) in [7, 11) is 6.42. The van der Waals surface area contributed by atoms with Crippen molar-refractivity contribution in [1.82, 2.24) is 10.6 Å². The normalized spacial score (nSPS) is 29.1. The van der Waals surface area contributed by atoms with E-state index in [0.717, 1.165) is 11.1 Å². The van der Waals surface area contributed by atoms with E-state index >= 15 is 0 Å². The number of rotatable bonds is 8. The Kier molecular flexibility index (Phi) is 8.13. The molecule has 4 aliphatic heterocycles. The molecule has 7 unspecified atom stereocenters. The summed E-state index contributed by atoms with van der Waals surface area (Å²) < 4.78 is 37.1. The van der Waals surface area contributed by atoms with Gasteiger partial charge in [-0.05, 0) is 67.2 Å². The van der Waals surface area contributed by atoms with Crippen molar-refractivity contribution >= 4 is 12.0 Å². The lowest BCUT2D eigenvalue weighted by atomic mass is 9.80. The number of carbonyl (C=O) groups is 1. The maximum absolute atomic E-state index is 12.5. The largest absolute Gasteiger partial charge is 0.508 e. The summed E-state index contributed by atoms with van der Waals surface area (Å²) in [5.74, 6) is -2.00. The number of aromatic hydroxyl groups is 1. The molecule has 260 valence electrons. The zero-order valence-corrected chi connectivity index (χ0v) is 27.2. The van der Waals surface area contributed by atoms with Gasteiger partial charge < -0.3 is 64.6 Å². The molecule has 0 amide bonds. The molecule has 4 heterocycles. The number of ether oxygens (including phenoxy) is 6. The van der Waals surface area contributed by atoms with Crippen molar-refractivity contribution in [2.75, 3.05) is 41.5 Å². The topological polar surface area (TPSA) is 198 Å². The highest BCUT2D eigenvalue weighted by Crippen LogP contribution is 2.61. The first kappa shape index (κ1) is 33.0. The van der Waals surface area contributed by atoms with E-state index in [9.17, 15) is 30.3 Å². The minimum absolute atomic E-state index is 0.00863. The molecular weight excluding hydrogens is 640 g/mol. The number of benzene rings is 3. The van der Waals surface area contributed by atoms with Gasteiger partial charge in [0.2, 0.25) is 11.4 Å². The quantitative estimate of drug-likeness (QED) is 0.182. The molecule has 7 N–H and O–H groups in total. The molecule has 7 rings (SSSR count). The number of likely N-dealkylation sites (N-methyl/N-ethyl adjacent to an activating group) is 1. The van der Waals surface area contributed by atoms with Gasteiger partial charge in [-0.15, -0.1) is 0 Å². The smallest absolute Gasteiger partial charge is 0.340 e. The van der Waals surface area contributed by atoms with Crippen molar-refractivity contribution in [2.45, 2.75) is 48.3 Å². The van der Waals surface area contributed by atoms with E-state index in [-0.39, 0.29) is 24.0 Å². The van der Waals surface area contributed by atoms with Crippen LogP contribution in [0.1, 0.15) is 34.3 Å². The summed E-state index contributed by atoms with van der Waals surface area (Å²) >= 11 is 0. The number of aliphatic hydroxyl groups is 3. The van der Waals surface area contributed by atoms with Crippen LogP contribution in [0.3, 0.4) is 0 Å². The fourth-order valence-corrected chi connectivity index (χ4v) is 7.47. The first-order valence-electron chi connectivity index (χ1n) is 15.8. The first-order valence-corrected chi connectivity index (χ1v) is 15.8. The molecular formula is C35H38N2O12. The second kappa shape index (κ2) is 12.1. The number of phenols is 1. The zero-order chi connectivity index (χ0) is 34.8. The SMILES string of the molecule is CNCc1cc(OC)c(OC)c2c1C1COc3c4c(cc(-c5cccc(O)c5)c3C1O2)OC1(C=C4)OC(CNC)(C(=O)O)C(O)C(O)C1O. The number of nitrogens with one attached hydrogen (secondary N) is 2. The van der Waals surface area contributed by atoms with Crippen molar-refractivity contribution in [3.05, 3.63) is 64.7 Å². The van der Waals surface area contributed by atoms with E-state index in [4.69, 9.17) is 28.4 Å². The van der Waals surface area contributed by atoms with Crippen molar-refractivity contribution < 1.29 is 58.7 Å². The summed E-state index contributed by atoms with van der Waals surface area (Å²) in [4.78, 5) is 12.5. The van der Waals surface area contributed by atoms with Gasteiger partial charge in [-0.3, -0.25) is 0 Å². The highest BCUT2D eigenvalue weighted by molar-refractivity contribution is 5.83. The van der Waals surface area contributed by atoms with Crippen LogP contribution in [0.15, 0.2) is 42.5 Å². The Morgan fingerprint density at radius 1 is 1.02 bits per heavy atom. The van der Waals surface area contributed by atoms with Crippen LogP contribution in [0.5, 0.6) is 34.5 Å². The third kappa shape index (κ3) is 4.81. The van der Waals surface area contributed by atoms with Crippen LogP contribution < -0.4 is 34.3 Å². The van der Waals surface area contributed by atoms with E-state index in [1.807, 2.05) is 13.1 Å². The minimum atomic E-state index is -2.38. The number of aliphatic hydroxyl groups excluding tert-OH is 3. The molecule has 4 aliphatic rings. The van der Waals surface area contributed by atoms with Crippen LogP contribution in [-0.4, -0.2) is 103 Å². The molecule has 0 aliphatic carbocycles. The molecule has 7 atom stereocenters. The van der Waals surface area contributed by atoms with Gasteiger partial charge in [0.1, 0.15) is 35.6 Å². The molecule has 3 aromatic carbocycles. The summed E-state index contributed by atoms with van der Waals surface area (Å²) in [6.45, 7) is 0.324. The Hall–Kier alpha value is -4.57. The number of methoxy groups -OCH3 is 2. The lowest BCUT2D eigenvalue weighted by Gasteiger charge is -2.52. The van der Waals surface area contributed by atoms with Crippen LogP contribution in [0.2, 0.25) is 0 Å². The second-order valence-electron chi connectivity index (χ2n) is 12.5. The number of hydrogen-bond acceptors (Lipinski definition) is 13. The Labute approximate surface area is 281 Å². The van der Waals surface area contributed by atoms with E-state index < -0.39 is 48.3 Å². The van der Waals surface area contributed by atoms with E-state index in [1.54, 1.807) is 44.6 Å². The summed E-state index contributed by atoms with van der Waals surface area (Å²) in [6.07, 6.45) is -3.52. The average Bonchev–Trinajstić information content (AvgIpc) is 3.49. The number of phenolic OH excluding ortho intramolecular Hbond substituents is 1. The highest BCUT2D eigenvalue weighted by atomic mass is 16.7. The lowest BCUT2D eigenvalue weighted by molar-refractivity contribution is -0.340. The molecule has 49 heavy (non-hydrogen) atoms. The highest BCUT2D eigenvalue weighted by Gasteiger charge is 2.65. The summed E-state index contributed by atoms with van der Waals surface area (Å²) in [6, 6.07) is 10.2. The fourth-order valence-electron chi connectivity index (χ4n) is 7.47. The van der Waals surface area contributed by atoms with Gasteiger partial charge in [0.05, 0.1) is 32.3 Å². The summed E-state index contributed by atoms with van der Waals surface area (Å²) in [5.41, 5.74) is 1.74. The molecule has 3 aromatic rings. The van der Waals surface area contributed by atoms with E-state index in [0.29, 0.717) is 51.8 Å². The molecule has 14 nitrogen and oxygen atoms in total. The van der Waals surface area contributed by atoms with Crippen molar-refractivity contribution in [2.24, 2.45) is 0 Å². The van der Waals surface area contributed by atoms with Gasteiger partial charge >= 0.3 is 5.97 Å². The number of fused-ring (bicyclic) bond motifs is 7. The third-order valence-electron chi connectivity index (χ3n) is 9.70. The molecule has 0 saturated carbocycles. The maximum Gasteiger partial charge on any atom is 0.340 e. The van der Waals surface area contributed by atoms with Crippen LogP contribution in [0, 0.1) is 0 Å². The molecule has 1 spiro atoms. The molecule has 1 fully saturated rings. The van der Waals surface area contributed by atoms with Crippen LogP contribution in [-0.2, 0) is 16.1 Å². The van der Waals surface area contributed by atoms with Gasteiger partial charge in [0.25, 0.3) is 5.79 Å². The second-order valence-corrected chi connectivity index (χ2v) is 12.5. The number of hydrogen-bond donors (Lipinski definition) is 7. The Balaban J connectivity index is 1.41. The number of carboxylic acid groups (broad SMARTS) is 1. The fraction of sp³-hybridized carbons (Fsp3) is 0.400. The standard InChI is InChI=1S/C35H38N2O12/c1-36-13-17-11-23(44-3)29(45-4)30-24(17)21-14-46-27-19-8-9-35(32(41)26(39)31(40)34(49-35,15-37-2)33(42)43)48-22(19)12-20(25(27)28(21)47-30)16-6-5-7-18(38)10-16/h5-12,21,26,28,31-32,36-41H,13-15H2,1-4H3,(H,42,43). The molecule has 1 saturated heterocycles. The maximum atomic E-state index is 12.5. The van der Waals surface area contributed by atoms with Gasteiger partial charge in [-0.25, -0.2) is 4.79 Å². The van der Waals surface area contributed by atoms with Gasteiger partial charge in [-0.2, -0.15) is 0 Å². The molecule has 0 radical (unpaired) electrons. The van der Waals surface area contributed by atoms with Crippen molar-refractivity contribution in [1.29, 1.82) is 0 Å². The van der Waals surface area contributed by atoms with Crippen molar-refractivity contribution in [3.8, 4) is 45.6 Å². The van der Waals surface area contributed by atoms with Crippen LogP contribution in [0.4, 0.5) is 0 Å². The number of carboxylic acids is 1.